The summed E-state index contributed by atoms with van der Waals surface area (Å²) in [6.07, 6.45) is 2.15. The van der Waals surface area contributed by atoms with Crippen LogP contribution in [0.4, 0.5) is 0 Å². The second-order valence-corrected chi connectivity index (χ2v) is 5.90. The van der Waals surface area contributed by atoms with Gasteiger partial charge in [0.05, 0.1) is 13.2 Å². The van der Waals surface area contributed by atoms with Crippen molar-refractivity contribution in [3.05, 3.63) is 28.2 Å². The molecule has 17 heavy (non-hydrogen) atoms. The van der Waals surface area contributed by atoms with Crippen LogP contribution in [0.3, 0.4) is 0 Å². The molecular formula is C13H19BrN2O. The highest BCUT2D eigenvalue weighted by Crippen LogP contribution is 2.48. The van der Waals surface area contributed by atoms with Gasteiger partial charge in [0.15, 0.2) is 0 Å². The third-order valence-corrected chi connectivity index (χ3v) is 3.87. The summed E-state index contributed by atoms with van der Waals surface area (Å²) in [6.45, 7) is 0. The SMILES string of the molecule is COc1ccc(Br)cc1C(N(C)C)C1(N)CC1. The molecule has 2 N–H and O–H groups in total. The predicted octanol–water partition coefficient (Wildman–Crippen LogP) is 2.55. The third kappa shape index (κ3) is 2.49. The minimum Gasteiger partial charge on any atom is -0.496 e. The van der Waals surface area contributed by atoms with Crippen molar-refractivity contribution < 1.29 is 4.74 Å². The first-order valence-electron chi connectivity index (χ1n) is 5.77. The zero-order valence-corrected chi connectivity index (χ0v) is 12.1. The molecule has 3 nitrogen and oxygen atoms in total. The fourth-order valence-corrected chi connectivity index (χ4v) is 2.82. The fraction of sp³-hybridized carbons (Fsp3) is 0.538. The van der Waals surface area contributed by atoms with Gasteiger partial charge in [-0.3, -0.25) is 0 Å². The number of nitrogens with zero attached hydrogens (tertiary/aromatic N) is 1. The molecule has 1 unspecified atom stereocenters. The largest absolute Gasteiger partial charge is 0.496 e. The lowest BCUT2D eigenvalue weighted by Gasteiger charge is -2.31. The number of benzene rings is 1. The molecule has 0 aliphatic heterocycles. The number of methoxy groups -OCH3 is 1. The van der Waals surface area contributed by atoms with E-state index in [0.717, 1.165) is 28.6 Å². The Morgan fingerprint density at radius 3 is 2.53 bits per heavy atom. The van der Waals surface area contributed by atoms with E-state index in [-0.39, 0.29) is 11.6 Å². The van der Waals surface area contributed by atoms with Gasteiger partial charge in [-0.2, -0.15) is 0 Å². The molecule has 4 heteroatoms. The van der Waals surface area contributed by atoms with Crippen LogP contribution in [0.5, 0.6) is 5.75 Å². The van der Waals surface area contributed by atoms with Gasteiger partial charge in [-0.15, -0.1) is 0 Å². The number of halogens is 1. The second-order valence-electron chi connectivity index (χ2n) is 4.99. The molecule has 0 radical (unpaired) electrons. The fourth-order valence-electron chi connectivity index (χ4n) is 2.44. The van der Waals surface area contributed by atoms with Crippen molar-refractivity contribution in [1.82, 2.24) is 4.90 Å². The van der Waals surface area contributed by atoms with Gasteiger partial charge in [-0.1, -0.05) is 15.9 Å². The molecule has 0 amide bonds. The molecule has 94 valence electrons. The summed E-state index contributed by atoms with van der Waals surface area (Å²) in [4.78, 5) is 2.18. The summed E-state index contributed by atoms with van der Waals surface area (Å²) in [5, 5.41) is 0. The molecule has 0 spiro atoms. The first-order chi connectivity index (χ1) is 7.98. The summed E-state index contributed by atoms with van der Waals surface area (Å²) in [5.74, 6) is 0.906. The van der Waals surface area contributed by atoms with Gasteiger partial charge in [-0.05, 0) is 45.1 Å². The number of ether oxygens (including phenoxy) is 1. The van der Waals surface area contributed by atoms with Gasteiger partial charge in [0, 0.05) is 15.6 Å². The summed E-state index contributed by atoms with van der Waals surface area (Å²) >= 11 is 3.52. The van der Waals surface area contributed by atoms with Crippen LogP contribution < -0.4 is 10.5 Å². The normalized spacial score (nSPS) is 19.2. The van der Waals surface area contributed by atoms with Crippen molar-refractivity contribution in [2.45, 2.75) is 24.4 Å². The van der Waals surface area contributed by atoms with E-state index in [1.54, 1.807) is 7.11 Å². The van der Waals surface area contributed by atoms with E-state index in [2.05, 4.69) is 41.0 Å². The van der Waals surface area contributed by atoms with Crippen molar-refractivity contribution >= 4 is 15.9 Å². The van der Waals surface area contributed by atoms with Crippen LogP contribution in [0.15, 0.2) is 22.7 Å². The van der Waals surface area contributed by atoms with Crippen LogP contribution >= 0.6 is 15.9 Å². The summed E-state index contributed by atoms with van der Waals surface area (Å²) in [6, 6.07) is 6.29. The Balaban J connectivity index is 2.45. The lowest BCUT2D eigenvalue weighted by molar-refractivity contribution is 0.239. The topological polar surface area (TPSA) is 38.5 Å². The smallest absolute Gasteiger partial charge is 0.123 e. The minimum atomic E-state index is -0.0996. The van der Waals surface area contributed by atoms with Crippen LogP contribution in [-0.4, -0.2) is 31.6 Å². The second kappa shape index (κ2) is 4.59. The highest BCUT2D eigenvalue weighted by atomic mass is 79.9. The quantitative estimate of drug-likeness (QED) is 0.928. The third-order valence-electron chi connectivity index (χ3n) is 3.37. The van der Waals surface area contributed by atoms with E-state index in [1.165, 1.54) is 0 Å². The standard InChI is InChI=1S/C13H19BrN2O/c1-16(2)12(13(15)6-7-13)10-8-9(14)4-5-11(10)17-3/h4-5,8,12H,6-7,15H2,1-3H3. The molecule has 1 aromatic rings. The number of hydrogen-bond donors (Lipinski definition) is 1. The highest BCUT2D eigenvalue weighted by molar-refractivity contribution is 9.10. The van der Waals surface area contributed by atoms with Crippen molar-refractivity contribution in [2.24, 2.45) is 5.73 Å². The van der Waals surface area contributed by atoms with E-state index in [0.29, 0.717) is 0 Å². The maximum atomic E-state index is 6.38. The molecule has 0 heterocycles. The first-order valence-corrected chi connectivity index (χ1v) is 6.56. The zero-order valence-electron chi connectivity index (χ0n) is 10.5. The Morgan fingerprint density at radius 2 is 2.06 bits per heavy atom. The lowest BCUT2D eigenvalue weighted by atomic mass is 9.96. The van der Waals surface area contributed by atoms with Crippen LogP contribution in [-0.2, 0) is 0 Å². The van der Waals surface area contributed by atoms with Crippen molar-refractivity contribution in [3.63, 3.8) is 0 Å². The van der Waals surface area contributed by atoms with Crippen molar-refractivity contribution in [1.29, 1.82) is 0 Å². The van der Waals surface area contributed by atoms with Crippen molar-refractivity contribution in [3.8, 4) is 5.75 Å². The van der Waals surface area contributed by atoms with Crippen LogP contribution in [0, 0.1) is 0 Å². The minimum absolute atomic E-state index is 0.0996. The lowest BCUT2D eigenvalue weighted by Crippen LogP contribution is -2.39. The molecule has 0 bridgehead atoms. The van der Waals surface area contributed by atoms with Gasteiger partial charge in [0.2, 0.25) is 0 Å². The summed E-state index contributed by atoms with van der Waals surface area (Å²) < 4.78 is 6.51. The Labute approximate surface area is 111 Å². The average Bonchev–Trinajstić information content (AvgIpc) is 2.97. The van der Waals surface area contributed by atoms with E-state index < -0.39 is 0 Å². The Morgan fingerprint density at radius 1 is 1.41 bits per heavy atom. The van der Waals surface area contributed by atoms with Gasteiger partial charge in [-0.25, -0.2) is 0 Å². The van der Waals surface area contributed by atoms with Crippen LogP contribution in [0.2, 0.25) is 0 Å². The van der Waals surface area contributed by atoms with Crippen molar-refractivity contribution in [2.75, 3.05) is 21.2 Å². The monoisotopic (exact) mass is 298 g/mol. The maximum Gasteiger partial charge on any atom is 0.123 e. The van der Waals surface area contributed by atoms with E-state index in [9.17, 15) is 0 Å². The summed E-state index contributed by atoms with van der Waals surface area (Å²) in [5.41, 5.74) is 7.44. The number of likely N-dealkylation sites (N-methyl/N-ethyl adjacent to an activating group) is 1. The molecule has 1 aliphatic carbocycles. The molecule has 0 saturated heterocycles. The molecular weight excluding hydrogens is 280 g/mol. The van der Waals surface area contributed by atoms with E-state index in [1.807, 2.05) is 12.1 Å². The molecule has 1 fully saturated rings. The Kier molecular flexibility index (Phi) is 3.48. The van der Waals surface area contributed by atoms with E-state index in [4.69, 9.17) is 10.5 Å². The average molecular weight is 299 g/mol. The maximum absolute atomic E-state index is 6.38. The molecule has 1 aromatic carbocycles. The molecule has 0 aromatic heterocycles. The van der Waals surface area contributed by atoms with Gasteiger partial charge < -0.3 is 15.4 Å². The Bertz CT molecular complexity index is 416. The van der Waals surface area contributed by atoms with Gasteiger partial charge in [0.25, 0.3) is 0 Å². The predicted molar refractivity (Wildman–Crippen MR) is 73.3 cm³/mol. The molecule has 2 rings (SSSR count). The zero-order chi connectivity index (χ0) is 12.6. The number of nitrogens with two attached hydrogens (primary N) is 1. The molecule has 1 atom stereocenters. The Hall–Kier alpha value is -0.580. The van der Waals surface area contributed by atoms with Crippen LogP contribution in [0.1, 0.15) is 24.4 Å². The number of hydrogen-bond acceptors (Lipinski definition) is 3. The van der Waals surface area contributed by atoms with Gasteiger partial charge in [0.1, 0.15) is 5.75 Å². The molecule has 1 saturated carbocycles. The highest BCUT2D eigenvalue weighted by Gasteiger charge is 2.48. The van der Waals surface area contributed by atoms with Crippen LogP contribution in [0.25, 0.3) is 0 Å². The summed E-state index contributed by atoms with van der Waals surface area (Å²) in [7, 11) is 5.84. The van der Waals surface area contributed by atoms with E-state index >= 15 is 0 Å². The molecule has 1 aliphatic rings. The van der Waals surface area contributed by atoms with Gasteiger partial charge >= 0.3 is 0 Å². The number of rotatable bonds is 4. The first kappa shape index (κ1) is 12.9.